The number of nitrogens with zero attached hydrogens (tertiary/aromatic N) is 5. The van der Waals surface area contributed by atoms with Crippen LogP contribution >= 0.6 is 0 Å². The summed E-state index contributed by atoms with van der Waals surface area (Å²) in [5, 5.41) is 4.45. The number of rotatable bonds is 5. The molecule has 2 aliphatic heterocycles. The third-order valence-electron chi connectivity index (χ3n) is 7.04. The number of hydrogen-bond acceptors (Lipinski definition) is 4. The molecule has 0 radical (unpaired) electrons. The minimum Gasteiger partial charge on any atom is -0.343 e. The van der Waals surface area contributed by atoms with Gasteiger partial charge in [0, 0.05) is 57.4 Å². The number of benzene rings is 1. The van der Waals surface area contributed by atoms with Crippen molar-refractivity contribution in [1.82, 2.24) is 24.5 Å². The van der Waals surface area contributed by atoms with E-state index in [4.69, 9.17) is 0 Å². The van der Waals surface area contributed by atoms with E-state index in [1.54, 1.807) is 21.5 Å². The van der Waals surface area contributed by atoms with Crippen molar-refractivity contribution in [2.45, 2.75) is 39.7 Å². The minimum absolute atomic E-state index is 0.0342. The molecular weight excluding hydrogens is 456 g/mol. The number of aromatic nitrogens is 2. The van der Waals surface area contributed by atoms with Crippen LogP contribution in [0.2, 0.25) is 0 Å². The molecule has 1 fully saturated rings. The Labute approximate surface area is 203 Å². The van der Waals surface area contributed by atoms with Gasteiger partial charge in [-0.1, -0.05) is 6.07 Å². The van der Waals surface area contributed by atoms with E-state index in [1.165, 1.54) is 11.0 Å². The second-order valence-electron chi connectivity index (χ2n) is 9.07. The van der Waals surface area contributed by atoms with Crippen LogP contribution in [-0.2, 0) is 24.8 Å². The molecule has 8 nitrogen and oxygen atoms in total. The van der Waals surface area contributed by atoms with Crippen LogP contribution in [0.5, 0.6) is 0 Å². The first-order valence-electron chi connectivity index (χ1n) is 12.1. The molecule has 1 unspecified atom stereocenters. The van der Waals surface area contributed by atoms with Gasteiger partial charge in [-0.15, -0.1) is 0 Å². The average Bonchev–Trinajstić information content (AvgIpc) is 3.19. The predicted octanol–water partition coefficient (Wildman–Crippen LogP) is 2.62. The van der Waals surface area contributed by atoms with Crippen LogP contribution in [0.25, 0.3) is 0 Å². The van der Waals surface area contributed by atoms with E-state index in [0.29, 0.717) is 38.2 Å². The van der Waals surface area contributed by atoms with Gasteiger partial charge in [-0.05, 0) is 38.8 Å². The lowest BCUT2D eigenvalue weighted by Gasteiger charge is -2.34. The largest absolute Gasteiger partial charge is 0.343 e. The lowest BCUT2D eigenvalue weighted by atomic mass is 9.95. The number of amides is 3. The minimum atomic E-state index is -0.916. The first-order valence-corrected chi connectivity index (χ1v) is 12.1. The zero-order valence-electron chi connectivity index (χ0n) is 20.4. The fraction of sp³-hybridized carbons (Fsp3) is 0.520. The third-order valence-corrected chi connectivity index (χ3v) is 7.04. The molecule has 0 N–H and O–H groups in total. The van der Waals surface area contributed by atoms with Crippen LogP contribution in [0.3, 0.4) is 0 Å². The van der Waals surface area contributed by atoms with Crippen molar-refractivity contribution in [3.05, 3.63) is 52.3 Å². The third kappa shape index (κ3) is 4.66. The van der Waals surface area contributed by atoms with Crippen LogP contribution in [-0.4, -0.2) is 74.9 Å². The van der Waals surface area contributed by atoms with Crippen molar-refractivity contribution >= 4 is 17.7 Å². The van der Waals surface area contributed by atoms with E-state index >= 15 is 0 Å². The first kappa shape index (κ1) is 24.8. The molecule has 4 rings (SSSR count). The maximum atomic E-state index is 14.2. The lowest BCUT2D eigenvalue weighted by Crippen LogP contribution is -2.47. The zero-order chi connectivity index (χ0) is 25.3. The summed E-state index contributed by atoms with van der Waals surface area (Å²) in [6, 6.07) is 3.32. The molecule has 2 aromatic rings. The number of halogens is 2. The maximum absolute atomic E-state index is 14.2. The number of hydrogen-bond donors (Lipinski definition) is 0. The summed E-state index contributed by atoms with van der Waals surface area (Å²) in [4.78, 5) is 44.2. The number of carbonyl (C=O) groups excluding carboxylic acids is 3. The molecule has 0 saturated carbocycles. The normalized spacial score (nSPS) is 17.8. The summed E-state index contributed by atoms with van der Waals surface area (Å²) in [7, 11) is 1.74. The molecule has 0 aliphatic carbocycles. The Hall–Kier alpha value is -3.30. The summed E-state index contributed by atoms with van der Waals surface area (Å²) in [5.41, 5.74) is 1.04. The standard InChI is InChI=1S/C25H31F2N5O3/c1-4-30(5-2)23(33)16-8-7-12-31(14-16)25(35)22-17-15-32(13-11-20(17)29(3)28-22)24(34)21-18(26)9-6-10-19(21)27/h6,9-10,16H,4-5,7-8,11-15H2,1-3H3. The summed E-state index contributed by atoms with van der Waals surface area (Å²) in [6.45, 7) is 6.27. The van der Waals surface area contributed by atoms with Gasteiger partial charge in [0.15, 0.2) is 5.69 Å². The molecule has 10 heteroatoms. The topological polar surface area (TPSA) is 78.8 Å². The van der Waals surface area contributed by atoms with E-state index in [0.717, 1.165) is 30.7 Å². The Morgan fingerprint density at radius 1 is 1.06 bits per heavy atom. The predicted molar refractivity (Wildman–Crippen MR) is 125 cm³/mol. The number of likely N-dealkylation sites (tertiary alicyclic amines) is 1. The highest BCUT2D eigenvalue weighted by atomic mass is 19.1. The quantitative estimate of drug-likeness (QED) is 0.650. The van der Waals surface area contributed by atoms with Gasteiger partial charge in [-0.2, -0.15) is 5.10 Å². The SMILES string of the molecule is CCN(CC)C(=O)C1CCCN(C(=O)c2nn(C)c3c2CN(C(=O)c2c(F)cccc2F)CC3)C1. The number of carbonyl (C=O) groups is 3. The van der Waals surface area contributed by atoms with Gasteiger partial charge in [0.25, 0.3) is 11.8 Å². The highest BCUT2D eigenvalue weighted by molar-refractivity contribution is 5.97. The Kier molecular flexibility index (Phi) is 7.18. The maximum Gasteiger partial charge on any atom is 0.274 e. The zero-order valence-corrected chi connectivity index (χ0v) is 20.4. The Bertz CT molecular complexity index is 1120. The molecule has 2 aliphatic rings. The molecule has 1 aromatic carbocycles. The molecule has 1 atom stereocenters. The summed E-state index contributed by atoms with van der Waals surface area (Å²) in [5.74, 6) is -3.07. The highest BCUT2D eigenvalue weighted by Gasteiger charge is 2.36. The van der Waals surface area contributed by atoms with Crippen LogP contribution in [0.15, 0.2) is 18.2 Å². The van der Waals surface area contributed by atoms with Crippen LogP contribution in [0.1, 0.15) is 58.8 Å². The summed E-state index contributed by atoms with van der Waals surface area (Å²) < 4.78 is 30.1. The van der Waals surface area contributed by atoms with Gasteiger partial charge >= 0.3 is 0 Å². The number of fused-ring (bicyclic) bond motifs is 1. The molecule has 1 saturated heterocycles. The van der Waals surface area contributed by atoms with Gasteiger partial charge < -0.3 is 14.7 Å². The molecule has 188 valence electrons. The van der Waals surface area contributed by atoms with Crippen LogP contribution in [0, 0.1) is 17.6 Å². The van der Waals surface area contributed by atoms with E-state index < -0.39 is 23.1 Å². The van der Waals surface area contributed by atoms with Crippen molar-refractivity contribution in [2.24, 2.45) is 13.0 Å². The van der Waals surface area contributed by atoms with E-state index in [-0.39, 0.29) is 36.5 Å². The lowest BCUT2D eigenvalue weighted by molar-refractivity contribution is -0.136. The van der Waals surface area contributed by atoms with Gasteiger partial charge in [0.2, 0.25) is 5.91 Å². The van der Waals surface area contributed by atoms with Gasteiger partial charge in [-0.25, -0.2) is 8.78 Å². The fourth-order valence-corrected chi connectivity index (χ4v) is 5.10. The second kappa shape index (κ2) is 10.1. The van der Waals surface area contributed by atoms with Gasteiger partial charge in [0.05, 0.1) is 12.5 Å². The average molecular weight is 488 g/mol. The molecule has 3 amide bonds. The van der Waals surface area contributed by atoms with E-state index in [1.807, 2.05) is 13.8 Å². The van der Waals surface area contributed by atoms with Crippen molar-refractivity contribution in [1.29, 1.82) is 0 Å². The van der Waals surface area contributed by atoms with Crippen LogP contribution < -0.4 is 0 Å². The molecule has 0 spiro atoms. The molecule has 0 bridgehead atoms. The summed E-state index contributed by atoms with van der Waals surface area (Å²) in [6.07, 6.45) is 1.86. The second-order valence-corrected chi connectivity index (χ2v) is 9.07. The monoisotopic (exact) mass is 487 g/mol. The molecule has 1 aromatic heterocycles. The number of piperidine rings is 1. The smallest absolute Gasteiger partial charge is 0.274 e. The molecular formula is C25H31F2N5O3. The Morgan fingerprint density at radius 3 is 2.40 bits per heavy atom. The molecule has 35 heavy (non-hydrogen) atoms. The summed E-state index contributed by atoms with van der Waals surface area (Å²) >= 11 is 0. The first-order chi connectivity index (χ1) is 16.8. The van der Waals surface area contributed by atoms with E-state index in [2.05, 4.69) is 5.10 Å². The fourth-order valence-electron chi connectivity index (χ4n) is 5.10. The molecule has 3 heterocycles. The van der Waals surface area contributed by atoms with Gasteiger partial charge in [-0.3, -0.25) is 19.1 Å². The highest BCUT2D eigenvalue weighted by Crippen LogP contribution is 2.27. The van der Waals surface area contributed by atoms with Gasteiger partial charge in [0.1, 0.15) is 17.2 Å². The van der Waals surface area contributed by atoms with E-state index in [9.17, 15) is 23.2 Å². The Morgan fingerprint density at radius 2 is 1.74 bits per heavy atom. The van der Waals surface area contributed by atoms with Crippen molar-refractivity contribution in [3.63, 3.8) is 0 Å². The van der Waals surface area contributed by atoms with Crippen molar-refractivity contribution in [3.8, 4) is 0 Å². The van der Waals surface area contributed by atoms with Crippen molar-refractivity contribution < 1.29 is 23.2 Å². The Balaban J connectivity index is 1.56. The number of aryl methyl sites for hydroxylation is 1. The van der Waals surface area contributed by atoms with Crippen LogP contribution in [0.4, 0.5) is 8.78 Å². The van der Waals surface area contributed by atoms with Crippen molar-refractivity contribution in [2.75, 3.05) is 32.7 Å².